The number of ether oxygens (including phenoxy) is 7. The average molecular weight is 541 g/mol. The van der Waals surface area contributed by atoms with E-state index in [9.17, 15) is 9.59 Å². The second-order valence-corrected chi connectivity index (χ2v) is 8.66. The van der Waals surface area contributed by atoms with Crippen molar-refractivity contribution in [2.45, 2.75) is 58.3 Å². The van der Waals surface area contributed by atoms with Crippen molar-refractivity contribution in [2.75, 3.05) is 79.3 Å². The molecule has 0 amide bonds. The van der Waals surface area contributed by atoms with E-state index in [4.69, 9.17) is 33.2 Å². The van der Waals surface area contributed by atoms with Crippen molar-refractivity contribution in [3.8, 4) is 0 Å². The van der Waals surface area contributed by atoms with Crippen LogP contribution in [0, 0.1) is 0 Å². The van der Waals surface area contributed by atoms with Crippen molar-refractivity contribution in [2.24, 2.45) is 0 Å². The molecule has 0 heterocycles. The van der Waals surface area contributed by atoms with Gasteiger partial charge in [-0.3, -0.25) is 4.79 Å². The first-order valence-corrected chi connectivity index (χ1v) is 14.0. The second-order valence-electron chi connectivity index (χ2n) is 8.66. The Balaban J connectivity index is 1.71. The third kappa shape index (κ3) is 22.0. The SMILES string of the molecule is CCCCCCCCCC(=O)OCCOCCOCCOCCOCCOCCOC(=O)c1ccccc1. The number of carbonyl (C=O) groups excluding carboxylic acids is 2. The number of esters is 2. The summed E-state index contributed by atoms with van der Waals surface area (Å²) in [7, 11) is 0. The molecule has 9 heteroatoms. The van der Waals surface area contributed by atoms with Crippen molar-refractivity contribution in [3.63, 3.8) is 0 Å². The van der Waals surface area contributed by atoms with Crippen LogP contribution in [0.2, 0.25) is 0 Å². The van der Waals surface area contributed by atoms with Crippen molar-refractivity contribution < 1.29 is 42.7 Å². The van der Waals surface area contributed by atoms with E-state index in [1.54, 1.807) is 24.3 Å². The van der Waals surface area contributed by atoms with Crippen LogP contribution in [0.3, 0.4) is 0 Å². The Morgan fingerprint density at radius 3 is 1.45 bits per heavy atom. The van der Waals surface area contributed by atoms with Gasteiger partial charge in [0.15, 0.2) is 0 Å². The predicted octanol–water partition coefficient (Wildman–Crippen LogP) is 4.61. The summed E-state index contributed by atoms with van der Waals surface area (Å²) in [5, 5.41) is 0. The Kier molecular flexibility index (Phi) is 23.8. The highest BCUT2D eigenvalue weighted by atomic mass is 16.6. The topological polar surface area (TPSA) is 98.8 Å². The van der Waals surface area contributed by atoms with Gasteiger partial charge in [0.1, 0.15) is 13.2 Å². The largest absolute Gasteiger partial charge is 0.463 e. The third-order valence-corrected chi connectivity index (χ3v) is 5.43. The van der Waals surface area contributed by atoms with E-state index in [2.05, 4.69) is 6.92 Å². The molecule has 1 rings (SSSR count). The molecule has 1 aromatic carbocycles. The average Bonchev–Trinajstić information content (AvgIpc) is 2.94. The van der Waals surface area contributed by atoms with Gasteiger partial charge < -0.3 is 33.2 Å². The van der Waals surface area contributed by atoms with Crippen molar-refractivity contribution in [3.05, 3.63) is 35.9 Å². The van der Waals surface area contributed by atoms with Crippen LogP contribution in [0.4, 0.5) is 0 Å². The van der Waals surface area contributed by atoms with E-state index in [-0.39, 0.29) is 25.2 Å². The van der Waals surface area contributed by atoms with Gasteiger partial charge in [-0.2, -0.15) is 0 Å². The van der Waals surface area contributed by atoms with Crippen LogP contribution in [0.1, 0.15) is 68.6 Å². The maximum Gasteiger partial charge on any atom is 0.338 e. The molecule has 0 bridgehead atoms. The minimum Gasteiger partial charge on any atom is -0.463 e. The molecule has 9 nitrogen and oxygen atoms in total. The molecule has 0 fully saturated rings. The molecular weight excluding hydrogens is 492 g/mol. The van der Waals surface area contributed by atoms with Crippen molar-refractivity contribution in [1.82, 2.24) is 0 Å². The van der Waals surface area contributed by atoms with E-state index < -0.39 is 0 Å². The zero-order valence-corrected chi connectivity index (χ0v) is 23.2. The van der Waals surface area contributed by atoms with Crippen molar-refractivity contribution in [1.29, 1.82) is 0 Å². The zero-order chi connectivity index (χ0) is 27.4. The number of hydrogen-bond donors (Lipinski definition) is 0. The van der Waals surface area contributed by atoms with Gasteiger partial charge in [0.2, 0.25) is 0 Å². The Labute approximate surface area is 228 Å². The van der Waals surface area contributed by atoms with Gasteiger partial charge in [0, 0.05) is 6.42 Å². The summed E-state index contributed by atoms with van der Waals surface area (Å²) in [5.74, 6) is -0.500. The summed E-state index contributed by atoms with van der Waals surface area (Å²) >= 11 is 0. The lowest BCUT2D eigenvalue weighted by Gasteiger charge is -2.08. The summed E-state index contributed by atoms with van der Waals surface area (Å²) in [5.41, 5.74) is 0.526. The fourth-order valence-electron chi connectivity index (χ4n) is 3.35. The monoisotopic (exact) mass is 540 g/mol. The fraction of sp³-hybridized carbons (Fsp3) is 0.724. The molecular formula is C29H48O9. The number of rotatable bonds is 27. The first-order valence-electron chi connectivity index (χ1n) is 14.0. The van der Waals surface area contributed by atoms with E-state index in [0.29, 0.717) is 78.1 Å². The first-order chi connectivity index (χ1) is 18.7. The van der Waals surface area contributed by atoms with Gasteiger partial charge in [0.05, 0.1) is 71.6 Å². The fourth-order valence-corrected chi connectivity index (χ4v) is 3.35. The Bertz CT molecular complexity index is 669. The van der Waals surface area contributed by atoms with E-state index in [0.717, 1.165) is 12.8 Å². The molecule has 0 saturated heterocycles. The van der Waals surface area contributed by atoms with E-state index in [1.807, 2.05) is 6.07 Å². The Morgan fingerprint density at radius 2 is 0.947 bits per heavy atom. The summed E-state index contributed by atoms with van der Waals surface area (Å²) in [6, 6.07) is 8.85. The number of hydrogen-bond acceptors (Lipinski definition) is 9. The highest BCUT2D eigenvalue weighted by Gasteiger charge is 2.05. The predicted molar refractivity (Wildman–Crippen MR) is 144 cm³/mol. The quantitative estimate of drug-likeness (QED) is 0.117. The summed E-state index contributed by atoms with van der Waals surface area (Å²) in [6.07, 6.45) is 8.79. The minimum atomic E-state index is -0.356. The lowest BCUT2D eigenvalue weighted by Crippen LogP contribution is -2.15. The van der Waals surface area contributed by atoms with Crippen LogP contribution < -0.4 is 0 Å². The smallest absolute Gasteiger partial charge is 0.338 e. The molecule has 0 aliphatic carbocycles. The molecule has 0 unspecified atom stereocenters. The van der Waals surface area contributed by atoms with Crippen LogP contribution in [0.25, 0.3) is 0 Å². The molecule has 0 spiro atoms. The Hall–Kier alpha value is -2.04. The lowest BCUT2D eigenvalue weighted by molar-refractivity contribution is -0.145. The van der Waals surface area contributed by atoms with Crippen LogP contribution in [0.5, 0.6) is 0 Å². The van der Waals surface area contributed by atoms with Crippen LogP contribution in [-0.2, 0) is 38.0 Å². The summed E-state index contributed by atoms with van der Waals surface area (Å²) in [4.78, 5) is 23.4. The molecule has 0 atom stereocenters. The molecule has 38 heavy (non-hydrogen) atoms. The molecule has 0 saturated carbocycles. The number of carbonyl (C=O) groups is 2. The van der Waals surface area contributed by atoms with E-state index >= 15 is 0 Å². The van der Waals surface area contributed by atoms with Crippen LogP contribution in [0.15, 0.2) is 30.3 Å². The van der Waals surface area contributed by atoms with Gasteiger partial charge in [-0.05, 0) is 18.6 Å². The van der Waals surface area contributed by atoms with Gasteiger partial charge in [-0.15, -0.1) is 0 Å². The molecule has 0 radical (unpaired) electrons. The Morgan fingerprint density at radius 1 is 0.526 bits per heavy atom. The molecule has 0 aliphatic heterocycles. The van der Waals surface area contributed by atoms with Gasteiger partial charge >= 0.3 is 11.9 Å². The number of benzene rings is 1. The lowest BCUT2D eigenvalue weighted by atomic mass is 10.1. The standard InChI is InChI=1S/C29H48O9/c1-2-3-4-5-6-7-11-14-28(30)37-25-23-35-21-19-33-17-15-32-16-18-34-20-22-36-24-26-38-29(31)27-12-9-8-10-13-27/h8-10,12-13H,2-7,11,14-26H2,1H3. The van der Waals surface area contributed by atoms with Gasteiger partial charge in [-0.1, -0.05) is 63.6 Å². The maximum absolute atomic E-state index is 11.8. The van der Waals surface area contributed by atoms with Crippen LogP contribution >= 0.6 is 0 Å². The molecule has 1 aromatic rings. The van der Waals surface area contributed by atoms with E-state index in [1.165, 1.54) is 32.1 Å². The highest BCUT2D eigenvalue weighted by Crippen LogP contribution is 2.08. The minimum absolute atomic E-state index is 0.145. The molecule has 218 valence electrons. The second kappa shape index (κ2) is 26.6. The molecule has 0 N–H and O–H groups in total. The third-order valence-electron chi connectivity index (χ3n) is 5.43. The maximum atomic E-state index is 11.8. The summed E-state index contributed by atoms with van der Waals surface area (Å²) < 4.78 is 37.4. The van der Waals surface area contributed by atoms with Crippen LogP contribution in [-0.4, -0.2) is 91.2 Å². The zero-order valence-electron chi connectivity index (χ0n) is 23.2. The first kappa shape index (κ1) is 34.0. The summed E-state index contributed by atoms with van der Waals surface area (Å²) in [6.45, 7) is 7.06. The highest BCUT2D eigenvalue weighted by molar-refractivity contribution is 5.89. The van der Waals surface area contributed by atoms with Gasteiger partial charge in [-0.25, -0.2) is 4.79 Å². The molecule has 0 aromatic heterocycles. The molecule has 0 aliphatic rings. The number of unbranched alkanes of at least 4 members (excludes halogenated alkanes) is 6. The normalized spacial score (nSPS) is 11.0. The van der Waals surface area contributed by atoms with Crippen molar-refractivity contribution >= 4 is 11.9 Å². The van der Waals surface area contributed by atoms with Gasteiger partial charge in [0.25, 0.3) is 0 Å².